The minimum absolute atomic E-state index is 0.0129. The maximum Gasteiger partial charge on any atom is 0.254 e. The topological polar surface area (TPSA) is 71.3 Å². The molecule has 1 aliphatic heterocycles. The third kappa shape index (κ3) is 3.06. The van der Waals surface area contributed by atoms with Crippen molar-refractivity contribution in [2.45, 2.75) is 44.7 Å². The molecule has 6 heteroatoms. The Kier molecular flexibility index (Phi) is 4.66. The lowest BCUT2D eigenvalue weighted by Gasteiger charge is -2.32. The molecule has 1 N–H and O–H groups in total. The summed E-state index contributed by atoms with van der Waals surface area (Å²) in [4.78, 5) is 19.3. The van der Waals surface area contributed by atoms with Crippen molar-refractivity contribution >= 4 is 5.91 Å². The number of likely N-dealkylation sites (tertiary alicyclic amines) is 1. The van der Waals surface area contributed by atoms with Crippen LogP contribution >= 0.6 is 0 Å². The molecule has 0 bridgehead atoms. The van der Waals surface area contributed by atoms with E-state index in [4.69, 9.17) is 4.52 Å². The van der Waals surface area contributed by atoms with Crippen LogP contribution in [-0.4, -0.2) is 40.6 Å². The SMILES string of the molecule is CNC(C)Cc1noc(C2(C)CCCN2C(=O)c2ccccc2)n1. The highest BCUT2D eigenvalue weighted by atomic mass is 16.5. The summed E-state index contributed by atoms with van der Waals surface area (Å²) in [7, 11) is 1.91. The van der Waals surface area contributed by atoms with Gasteiger partial charge in [0.2, 0.25) is 0 Å². The summed E-state index contributed by atoms with van der Waals surface area (Å²) < 4.78 is 5.53. The molecule has 128 valence electrons. The van der Waals surface area contributed by atoms with E-state index in [0.29, 0.717) is 30.2 Å². The molecule has 2 aromatic rings. The normalized spacial score (nSPS) is 21.9. The molecule has 3 rings (SSSR count). The molecule has 6 nitrogen and oxygen atoms in total. The van der Waals surface area contributed by atoms with Crippen molar-refractivity contribution in [1.82, 2.24) is 20.4 Å². The van der Waals surface area contributed by atoms with E-state index in [2.05, 4.69) is 22.4 Å². The van der Waals surface area contributed by atoms with E-state index in [1.165, 1.54) is 0 Å². The Labute approximate surface area is 142 Å². The quantitative estimate of drug-likeness (QED) is 0.912. The van der Waals surface area contributed by atoms with Gasteiger partial charge in [-0.25, -0.2) is 0 Å². The zero-order chi connectivity index (χ0) is 17.2. The van der Waals surface area contributed by atoms with Gasteiger partial charge in [0.25, 0.3) is 11.8 Å². The second-order valence-electron chi connectivity index (χ2n) is 6.61. The molecule has 0 aliphatic carbocycles. The molecular weight excluding hydrogens is 304 g/mol. The van der Waals surface area contributed by atoms with Gasteiger partial charge in [0, 0.05) is 24.6 Å². The molecule has 1 fully saturated rings. The van der Waals surface area contributed by atoms with Crippen LogP contribution in [-0.2, 0) is 12.0 Å². The number of carbonyl (C=O) groups excluding carboxylic acids is 1. The minimum Gasteiger partial charge on any atom is -0.337 e. The molecule has 1 aromatic heterocycles. The third-order valence-electron chi connectivity index (χ3n) is 4.82. The average Bonchev–Trinajstić information content (AvgIpc) is 3.22. The van der Waals surface area contributed by atoms with Crippen LogP contribution in [0.1, 0.15) is 48.8 Å². The predicted octanol–water partition coefficient (Wildman–Crippen LogP) is 2.37. The van der Waals surface area contributed by atoms with Crippen LogP contribution in [0.2, 0.25) is 0 Å². The second kappa shape index (κ2) is 6.73. The Hall–Kier alpha value is -2.21. The molecule has 0 saturated carbocycles. The Morgan fingerprint density at radius 2 is 2.17 bits per heavy atom. The maximum atomic E-state index is 12.9. The molecule has 1 saturated heterocycles. The lowest BCUT2D eigenvalue weighted by molar-refractivity contribution is 0.0551. The molecule has 0 radical (unpaired) electrons. The van der Waals surface area contributed by atoms with Crippen molar-refractivity contribution in [3.05, 3.63) is 47.6 Å². The highest BCUT2D eigenvalue weighted by Crippen LogP contribution is 2.38. The lowest BCUT2D eigenvalue weighted by Crippen LogP contribution is -2.43. The van der Waals surface area contributed by atoms with Crippen molar-refractivity contribution in [2.24, 2.45) is 0 Å². The van der Waals surface area contributed by atoms with Crippen LogP contribution in [0.4, 0.5) is 0 Å². The summed E-state index contributed by atoms with van der Waals surface area (Å²) in [5.74, 6) is 1.22. The molecule has 24 heavy (non-hydrogen) atoms. The number of amides is 1. The summed E-state index contributed by atoms with van der Waals surface area (Å²) in [6.45, 7) is 4.78. The van der Waals surface area contributed by atoms with E-state index in [9.17, 15) is 4.79 Å². The summed E-state index contributed by atoms with van der Waals surface area (Å²) in [6, 6.07) is 9.63. The van der Waals surface area contributed by atoms with Crippen LogP contribution in [0.3, 0.4) is 0 Å². The van der Waals surface area contributed by atoms with Crippen LogP contribution in [0.5, 0.6) is 0 Å². The van der Waals surface area contributed by atoms with E-state index in [1.807, 2.05) is 49.2 Å². The number of benzene rings is 1. The first-order chi connectivity index (χ1) is 11.5. The molecule has 2 unspecified atom stereocenters. The van der Waals surface area contributed by atoms with Gasteiger partial charge in [0.05, 0.1) is 0 Å². The van der Waals surface area contributed by atoms with E-state index in [0.717, 1.165) is 12.8 Å². The fourth-order valence-corrected chi connectivity index (χ4v) is 3.18. The van der Waals surface area contributed by atoms with Gasteiger partial charge < -0.3 is 14.7 Å². The first-order valence-corrected chi connectivity index (χ1v) is 8.42. The first kappa shape index (κ1) is 16.6. The van der Waals surface area contributed by atoms with Gasteiger partial charge in [-0.2, -0.15) is 4.98 Å². The standard InChI is InChI=1S/C18H24N4O2/c1-13(19-3)12-15-20-17(24-21-15)18(2)10-7-11-22(18)16(23)14-8-5-4-6-9-14/h4-6,8-9,13,19H,7,10-12H2,1-3H3. The number of hydrogen-bond acceptors (Lipinski definition) is 5. The lowest BCUT2D eigenvalue weighted by atomic mass is 9.98. The third-order valence-corrected chi connectivity index (χ3v) is 4.82. The summed E-state index contributed by atoms with van der Waals surface area (Å²) >= 11 is 0. The Balaban J connectivity index is 1.84. The number of carbonyl (C=O) groups is 1. The van der Waals surface area contributed by atoms with Crippen LogP contribution < -0.4 is 5.32 Å². The molecule has 0 spiro atoms. The van der Waals surface area contributed by atoms with Gasteiger partial charge in [-0.3, -0.25) is 4.79 Å². The number of likely N-dealkylation sites (N-methyl/N-ethyl adjacent to an activating group) is 1. The Morgan fingerprint density at radius 3 is 2.88 bits per heavy atom. The molecule has 1 amide bonds. The molecule has 1 aliphatic rings. The van der Waals surface area contributed by atoms with Gasteiger partial charge in [0.15, 0.2) is 5.82 Å². The summed E-state index contributed by atoms with van der Waals surface area (Å²) in [6.07, 6.45) is 2.46. The first-order valence-electron chi connectivity index (χ1n) is 8.42. The minimum atomic E-state index is -0.541. The molecule has 2 atom stereocenters. The van der Waals surface area contributed by atoms with E-state index in [-0.39, 0.29) is 11.9 Å². The Bertz CT molecular complexity index is 700. The zero-order valence-corrected chi connectivity index (χ0v) is 14.5. The number of aromatic nitrogens is 2. The van der Waals surface area contributed by atoms with Gasteiger partial charge in [0.1, 0.15) is 5.54 Å². The van der Waals surface area contributed by atoms with E-state index < -0.39 is 5.54 Å². The van der Waals surface area contributed by atoms with Gasteiger partial charge in [-0.15, -0.1) is 0 Å². The smallest absolute Gasteiger partial charge is 0.254 e. The molecule has 1 aromatic carbocycles. The highest BCUT2D eigenvalue weighted by Gasteiger charge is 2.45. The van der Waals surface area contributed by atoms with Crippen molar-refractivity contribution < 1.29 is 9.32 Å². The fourth-order valence-electron chi connectivity index (χ4n) is 3.18. The van der Waals surface area contributed by atoms with Crippen molar-refractivity contribution in [1.29, 1.82) is 0 Å². The van der Waals surface area contributed by atoms with Crippen molar-refractivity contribution in [3.63, 3.8) is 0 Å². The maximum absolute atomic E-state index is 12.9. The highest BCUT2D eigenvalue weighted by molar-refractivity contribution is 5.94. The van der Waals surface area contributed by atoms with Crippen LogP contribution in [0, 0.1) is 0 Å². The summed E-state index contributed by atoms with van der Waals surface area (Å²) in [5, 5.41) is 7.26. The van der Waals surface area contributed by atoms with E-state index in [1.54, 1.807) is 0 Å². The van der Waals surface area contributed by atoms with Gasteiger partial charge in [-0.05, 0) is 45.9 Å². The zero-order valence-electron chi connectivity index (χ0n) is 14.5. The van der Waals surface area contributed by atoms with E-state index >= 15 is 0 Å². The Morgan fingerprint density at radius 1 is 1.42 bits per heavy atom. The number of nitrogens with one attached hydrogen (secondary N) is 1. The molecule has 2 heterocycles. The van der Waals surface area contributed by atoms with Crippen LogP contribution in [0.15, 0.2) is 34.9 Å². The fraction of sp³-hybridized carbons (Fsp3) is 0.500. The van der Waals surface area contributed by atoms with Crippen LogP contribution in [0.25, 0.3) is 0 Å². The largest absolute Gasteiger partial charge is 0.337 e. The van der Waals surface area contributed by atoms with Gasteiger partial charge in [-0.1, -0.05) is 23.4 Å². The number of nitrogens with zero attached hydrogens (tertiary/aromatic N) is 3. The summed E-state index contributed by atoms with van der Waals surface area (Å²) in [5.41, 5.74) is 0.148. The number of rotatable bonds is 5. The monoisotopic (exact) mass is 328 g/mol. The van der Waals surface area contributed by atoms with Crippen molar-refractivity contribution in [2.75, 3.05) is 13.6 Å². The van der Waals surface area contributed by atoms with Gasteiger partial charge >= 0.3 is 0 Å². The predicted molar refractivity (Wildman–Crippen MR) is 90.6 cm³/mol. The molecular formula is C18H24N4O2. The number of hydrogen-bond donors (Lipinski definition) is 1. The average molecular weight is 328 g/mol. The van der Waals surface area contributed by atoms with Crippen molar-refractivity contribution in [3.8, 4) is 0 Å². The second-order valence-corrected chi connectivity index (χ2v) is 6.61.